The van der Waals surface area contributed by atoms with E-state index in [0.717, 1.165) is 19.3 Å². The van der Waals surface area contributed by atoms with E-state index in [0.29, 0.717) is 25.0 Å². The third-order valence-electron chi connectivity index (χ3n) is 11.8. The number of allylic oxidation sites excluding steroid dienone is 2. The number of esters is 2. The van der Waals surface area contributed by atoms with Crippen molar-refractivity contribution in [2.45, 2.75) is 161 Å². The van der Waals surface area contributed by atoms with Gasteiger partial charge >= 0.3 is 11.9 Å². The fourth-order valence-electron chi connectivity index (χ4n) is 6.88. The molecule has 1 aromatic carbocycles. The Kier molecular flexibility index (Phi) is 12.6. The Labute approximate surface area is 298 Å². The summed E-state index contributed by atoms with van der Waals surface area (Å²) in [7, 11) is -4.13. The highest BCUT2D eigenvalue weighted by Gasteiger charge is 2.47. The van der Waals surface area contributed by atoms with Gasteiger partial charge in [-0.05, 0) is 85.1 Å². The number of carbonyl (C=O) groups excluding carboxylic acids is 2. The van der Waals surface area contributed by atoms with Crippen LogP contribution in [-0.2, 0) is 27.9 Å². The van der Waals surface area contributed by atoms with Gasteiger partial charge in [-0.3, -0.25) is 4.79 Å². The molecule has 7 nitrogen and oxygen atoms in total. The first kappa shape index (κ1) is 39.6. The second-order valence-corrected chi connectivity index (χ2v) is 27.2. The molecule has 274 valence electrons. The molecule has 0 aromatic heterocycles. The Morgan fingerprint density at radius 1 is 0.939 bits per heavy atom. The molecule has 0 bridgehead atoms. The van der Waals surface area contributed by atoms with Gasteiger partial charge in [-0.25, -0.2) is 4.79 Å². The summed E-state index contributed by atoms with van der Waals surface area (Å²) < 4.78 is 32.2. The second-order valence-electron chi connectivity index (χ2n) is 17.7. The zero-order valence-electron chi connectivity index (χ0n) is 32.3. The fourth-order valence-corrected chi connectivity index (χ4v) is 9.52. The third kappa shape index (κ3) is 9.98. The molecule has 1 fully saturated rings. The molecule has 0 radical (unpaired) electrons. The molecule has 0 saturated carbocycles. The van der Waals surface area contributed by atoms with Crippen molar-refractivity contribution >= 4 is 28.6 Å². The van der Waals surface area contributed by atoms with Crippen LogP contribution in [0.3, 0.4) is 0 Å². The highest BCUT2D eigenvalue weighted by Crippen LogP contribution is 2.47. The van der Waals surface area contributed by atoms with E-state index >= 15 is 0 Å². The van der Waals surface area contributed by atoms with Gasteiger partial charge in [0.05, 0.1) is 18.6 Å². The van der Waals surface area contributed by atoms with Gasteiger partial charge in [0.1, 0.15) is 18.0 Å². The van der Waals surface area contributed by atoms with Crippen LogP contribution in [0.2, 0.25) is 36.3 Å². The van der Waals surface area contributed by atoms with Crippen LogP contribution < -0.4 is 4.74 Å². The second kappa shape index (κ2) is 15.6. The molecule has 1 heterocycles. The van der Waals surface area contributed by atoms with Crippen LogP contribution in [0.4, 0.5) is 0 Å². The lowest BCUT2D eigenvalue weighted by molar-refractivity contribution is -0.164. The van der Waals surface area contributed by atoms with E-state index in [1.165, 1.54) is 5.57 Å². The van der Waals surface area contributed by atoms with Crippen molar-refractivity contribution in [1.82, 2.24) is 0 Å². The van der Waals surface area contributed by atoms with E-state index in [-0.39, 0.29) is 64.2 Å². The van der Waals surface area contributed by atoms with Gasteiger partial charge in [-0.2, -0.15) is 0 Å². The molecule has 9 heteroatoms. The summed E-state index contributed by atoms with van der Waals surface area (Å²) in [6, 6.07) is 9.46. The van der Waals surface area contributed by atoms with Crippen molar-refractivity contribution < 1.29 is 32.7 Å². The molecular formula is C40H64O7Si2. The topological polar surface area (TPSA) is 80.3 Å². The number of fused-ring (bicyclic) bond motifs is 1. The van der Waals surface area contributed by atoms with Crippen LogP contribution in [-0.4, -0.2) is 59.1 Å². The summed E-state index contributed by atoms with van der Waals surface area (Å²) in [5, 5.41) is 0.118. The summed E-state index contributed by atoms with van der Waals surface area (Å²) >= 11 is 0. The first-order valence-corrected chi connectivity index (χ1v) is 24.4. The normalized spacial score (nSPS) is 28.6. The average molecular weight is 713 g/mol. The fraction of sp³-hybridized carbons (Fsp3) is 0.700. The number of rotatable bonds is 12. The van der Waals surface area contributed by atoms with Gasteiger partial charge in [0.2, 0.25) is 0 Å². The maximum atomic E-state index is 13.8. The molecule has 1 aliphatic heterocycles. The number of ether oxygens (including phenoxy) is 3. The molecule has 4 rings (SSSR count). The minimum Gasteiger partial charge on any atom is -0.479 e. The number of hydrogen-bond donors (Lipinski definition) is 0. The molecule has 5 unspecified atom stereocenters. The van der Waals surface area contributed by atoms with E-state index in [4.69, 9.17) is 23.1 Å². The summed E-state index contributed by atoms with van der Waals surface area (Å²) in [5.41, 5.74) is 1.17. The van der Waals surface area contributed by atoms with E-state index in [2.05, 4.69) is 92.9 Å². The van der Waals surface area contributed by atoms with Gasteiger partial charge in [0, 0.05) is 18.8 Å². The van der Waals surface area contributed by atoms with Crippen LogP contribution in [0.1, 0.15) is 93.9 Å². The van der Waals surface area contributed by atoms with Crippen LogP contribution in [0.15, 0.2) is 54.1 Å². The number of carbonyl (C=O) groups is 2. The Balaban J connectivity index is 1.56. The highest BCUT2D eigenvalue weighted by molar-refractivity contribution is 6.74. The molecule has 49 heavy (non-hydrogen) atoms. The van der Waals surface area contributed by atoms with Crippen molar-refractivity contribution in [2.24, 2.45) is 17.8 Å². The summed E-state index contributed by atoms with van der Waals surface area (Å²) in [5.74, 6) is 0.629. The molecule has 3 aliphatic rings. The van der Waals surface area contributed by atoms with Crippen LogP contribution >= 0.6 is 0 Å². The van der Waals surface area contributed by atoms with Gasteiger partial charge in [0.25, 0.3) is 0 Å². The van der Waals surface area contributed by atoms with E-state index < -0.39 is 22.7 Å². The zero-order valence-corrected chi connectivity index (χ0v) is 34.3. The lowest BCUT2D eigenvalue weighted by atomic mass is 9.66. The van der Waals surface area contributed by atoms with Crippen LogP contribution in [0, 0.1) is 17.8 Å². The van der Waals surface area contributed by atoms with E-state index in [9.17, 15) is 9.59 Å². The maximum Gasteiger partial charge on any atom is 0.347 e. The number of benzene rings is 1. The van der Waals surface area contributed by atoms with Crippen molar-refractivity contribution in [3.63, 3.8) is 0 Å². The summed E-state index contributed by atoms with van der Waals surface area (Å²) in [6.45, 7) is 26.7. The Bertz CT molecular complexity index is 1340. The van der Waals surface area contributed by atoms with Crippen molar-refractivity contribution in [1.29, 1.82) is 0 Å². The zero-order chi connectivity index (χ0) is 36.4. The van der Waals surface area contributed by atoms with Gasteiger partial charge in [0.15, 0.2) is 22.7 Å². The molecule has 1 aromatic rings. The van der Waals surface area contributed by atoms with E-state index in [1.54, 1.807) is 0 Å². The molecule has 0 N–H and O–H groups in total. The Morgan fingerprint density at radius 3 is 2.18 bits per heavy atom. The predicted octanol–water partition coefficient (Wildman–Crippen LogP) is 9.79. The lowest BCUT2D eigenvalue weighted by Crippen LogP contribution is -2.49. The third-order valence-corrected chi connectivity index (χ3v) is 20.9. The van der Waals surface area contributed by atoms with Gasteiger partial charge in [-0.1, -0.05) is 91.8 Å². The molecule has 2 aliphatic carbocycles. The largest absolute Gasteiger partial charge is 0.479 e. The Morgan fingerprint density at radius 2 is 1.57 bits per heavy atom. The first-order valence-electron chi connectivity index (χ1n) is 18.6. The summed E-state index contributed by atoms with van der Waals surface area (Å²) in [4.78, 5) is 26.6. The van der Waals surface area contributed by atoms with Crippen molar-refractivity contribution in [2.75, 3.05) is 0 Å². The first-order chi connectivity index (χ1) is 22.7. The monoisotopic (exact) mass is 712 g/mol. The minimum atomic E-state index is -2.10. The number of para-hydroxylation sites is 1. The lowest BCUT2D eigenvalue weighted by Gasteiger charge is -2.46. The van der Waals surface area contributed by atoms with Crippen molar-refractivity contribution in [3.05, 3.63) is 54.1 Å². The SMILES string of the molecule is CC[C@H](Oc1ccccc1)C(=O)OC1CC(O[Si](C)(C)C(C)(C)C)C=C2C=CC(C)C(CC[C@@H]3C[C@@H](O[Si](C)(C)C(C)(C)C)CC(=O)O3)C21. The predicted molar refractivity (Wildman–Crippen MR) is 202 cm³/mol. The standard InChI is InChI=1S/C40H64O7Si2/c1-13-34(43-29-17-15-14-16-18-29)38(42)45-35-25-31(46-48(9,10)39(3,4)5)23-28-20-19-27(2)33(37(28)35)22-21-30-24-32(26-36(41)44-30)47-49(11,12)40(6,7)8/h14-20,23,27,30-35,37H,13,21-22,24-26H2,1-12H3/t27?,30-,31?,32-,33?,34+,35?,37?/m1/s1. The van der Waals surface area contributed by atoms with Gasteiger partial charge < -0.3 is 23.1 Å². The van der Waals surface area contributed by atoms with E-state index in [1.807, 2.05) is 37.3 Å². The summed E-state index contributed by atoms with van der Waals surface area (Å²) in [6.07, 6.45) is 9.00. The van der Waals surface area contributed by atoms with Gasteiger partial charge in [-0.15, -0.1) is 0 Å². The van der Waals surface area contributed by atoms with Crippen LogP contribution in [0.5, 0.6) is 5.75 Å². The highest BCUT2D eigenvalue weighted by atomic mass is 28.4. The van der Waals surface area contributed by atoms with Crippen LogP contribution in [0.25, 0.3) is 0 Å². The number of hydrogen-bond acceptors (Lipinski definition) is 7. The average Bonchev–Trinajstić information content (AvgIpc) is 2.98. The smallest absolute Gasteiger partial charge is 0.347 e. The quantitative estimate of drug-likeness (QED) is 0.158. The minimum absolute atomic E-state index is 0.0102. The maximum absolute atomic E-state index is 13.8. The van der Waals surface area contributed by atoms with Crippen molar-refractivity contribution in [3.8, 4) is 5.75 Å². The molecular weight excluding hydrogens is 649 g/mol. The molecule has 0 spiro atoms. The molecule has 8 atom stereocenters. The number of cyclic esters (lactones) is 1. The molecule has 1 saturated heterocycles. The Hall–Kier alpha value is -2.21. The molecule has 0 amide bonds.